The summed E-state index contributed by atoms with van der Waals surface area (Å²) in [6.45, 7) is 8.09. The van der Waals surface area contributed by atoms with Crippen LogP contribution in [0.5, 0.6) is 11.5 Å². The lowest BCUT2D eigenvalue weighted by molar-refractivity contribution is -0.137. The van der Waals surface area contributed by atoms with E-state index in [9.17, 15) is 28.2 Å². The van der Waals surface area contributed by atoms with Crippen molar-refractivity contribution in [3.8, 4) is 11.5 Å². The van der Waals surface area contributed by atoms with Crippen LogP contribution >= 0.6 is 0 Å². The van der Waals surface area contributed by atoms with Gasteiger partial charge >= 0.3 is 6.18 Å². The Labute approximate surface area is 211 Å². The van der Waals surface area contributed by atoms with Crippen molar-refractivity contribution in [3.05, 3.63) is 75.9 Å². The molecule has 0 radical (unpaired) electrons. The lowest BCUT2D eigenvalue weighted by Crippen LogP contribution is -2.16. The number of phenols is 2. The van der Waals surface area contributed by atoms with Crippen molar-refractivity contribution in [2.75, 3.05) is 5.32 Å². The van der Waals surface area contributed by atoms with Gasteiger partial charge in [-0.25, -0.2) is 0 Å². The molecule has 2 rings (SSSR count). The first kappa shape index (κ1) is 29.0. The lowest BCUT2D eigenvalue weighted by atomic mass is 9.94. The van der Waals surface area contributed by atoms with Gasteiger partial charge in [-0.2, -0.15) is 13.2 Å². The standard InChI is InChI=1S/C29H36F3NO3/c1-5-6-7-11-21-18-25(34)24(17-12-20(4)10-8-9-19(2)3)27(35)26(21)28(36)33-23-15-13-22(14-16-23)29(30,31)32/h9,12-16,18,34-35H,5-8,10-11,17H2,1-4H3,(H,33,36). The third kappa shape index (κ3) is 8.47. The van der Waals surface area contributed by atoms with E-state index in [1.807, 2.05) is 33.8 Å². The van der Waals surface area contributed by atoms with Crippen LogP contribution in [0.4, 0.5) is 18.9 Å². The van der Waals surface area contributed by atoms with Gasteiger partial charge in [0, 0.05) is 11.3 Å². The van der Waals surface area contributed by atoms with E-state index < -0.39 is 17.6 Å². The number of allylic oxidation sites excluding steroid dienone is 4. The first-order valence-corrected chi connectivity index (χ1v) is 12.3. The van der Waals surface area contributed by atoms with Crippen LogP contribution in [0.1, 0.15) is 86.8 Å². The summed E-state index contributed by atoms with van der Waals surface area (Å²) in [4.78, 5) is 13.2. The van der Waals surface area contributed by atoms with Crippen molar-refractivity contribution in [2.24, 2.45) is 0 Å². The summed E-state index contributed by atoms with van der Waals surface area (Å²) in [6.07, 6.45) is 4.66. The Kier molecular flexibility index (Phi) is 10.6. The molecule has 0 aliphatic heterocycles. The number of nitrogens with one attached hydrogen (secondary N) is 1. The van der Waals surface area contributed by atoms with Crippen molar-refractivity contribution in [1.82, 2.24) is 0 Å². The molecular formula is C29H36F3NO3. The Morgan fingerprint density at radius 1 is 1.03 bits per heavy atom. The van der Waals surface area contributed by atoms with Crippen molar-refractivity contribution in [2.45, 2.75) is 78.8 Å². The van der Waals surface area contributed by atoms with Gasteiger partial charge in [-0.3, -0.25) is 4.79 Å². The topological polar surface area (TPSA) is 69.6 Å². The molecule has 0 saturated heterocycles. The van der Waals surface area contributed by atoms with Crippen LogP contribution in [0.2, 0.25) is 0 Å². The minimum atomic E-state index is -4.48. The number of rotatable bonds is 11. The number of aryl methyl sites for hydroxylation is 1. The number of anilines is 1. The normalized spacial score (nSPS) is 11.9. The fourth-order valence-corrected chi connectivity index (χ4v) is 3.87. The van der Waals surface area contributed by atoms with Gasteiger partial charge in [-0.1, -0.05) is 43.1 Å². The van der Waals surface area contributed by atoms with Crippen LogP contribution in [0.25, 0.3) is 0 Å². The fourth-order valence-electron chi connectivity index (χ4n) is 3.87. The molecule has 0 aliphatic rings. The number of phenolic OH excluding ortho intramolecular Hbond substituents is 2. The lowest BCUT2D eigenvalue weighted by Gasteiger charge is -2.17. The molecule has 196 valence electrons. The SMILES string of the molecule is CCCCCc1cc(O)c(CC=C(C)CCC=C(C)C)c(O)c1C(=O)Nc1ccc(C(F)(F)F)cc1. The fraction of sp³-hybridized carbons (Fsp3) is 0.414. The number of halogens is 3. The monoisotopic (exact) mass is 503 g/mol. The first-order chi connectivity index (χ1) is 16.9. The number of amides is 1. The average molecular weight is 504 g/mol. The van der Waals surface area contributed by atoms with Gasteiger partial charge in [-0.15, -0.1) is 0 Å². The Balaban J connectivity index is 2.35. The zero-order chi connectivity index (χ0) is 26.9. The van der Waals surface area contributed by atoms with Crippen molar-refractivity contribution in [1.29, 1.82) is 0 Å². The summed E-state index contributed by atoms with van der Waals surface area (Å²) < 4.78 is 38.6. The maximum Gasteiger partial charge on any atom is 0.416 e. The Morgan fingerprint density at radius 2 is 1.69 bits per heavy atom. The van der Waals surface area contributed by atoms with Crippen LogP contribution in [0.15, 0.2) is 53.6 Å². The zero-order valence-electron chi connectivity index (χ0n) is 21.4. The van der Waals surface area contributed by atoms with Gasteiger partial charge in [0.1, 0.15) is 11.5 Å². The first-order valence-electron chi connectivity index (χ1n) is 12.3. The number of hydrogen-bond acceptors (Lipinski definition) is 3. The zero-order valence-corrected chi connectivity index (χ0v) is 21.4. The second kappa shape index (κ2) is 13.2. The molecule has 0 fully saturated rings. The van der Waals surface area contributed by atoms with E-state index in [-0.39, 0.29) is 34.7 Å². The number of carbonyl (C=O) groups is 1. The van der Waals surface area contributed by atoms with E-state index in [1.165, 1.54) is 23.8 Å². The predicted octanol–water partition coefficient (Wildman–Crippen LogP) is 8.34. The summed E-state index contributed by atoms with van der Waals surface area (Å²) in [5.41, 5.74) is 2.46. The summed E-state index contributed by atoms with van der Waals surface area (Å²) in [7, 11) is 0. The minimum absolute atomic E-state index is 0.0365. The number of alkyl halides is 3. The Bertz CT molecular complexity index is 1100. The molecule has 1 amide bonds. The largest absolute Gasteiger partial charge is 0.508 e. The highest BCUT2D eigenvalue weighted by Gasteiger charge is 2.30. The van der Waals surface area contributed by atoms with Crippen LogP contribution in [0.3, 0.4) is 0 Å². The third-order valence-electron chi connectivity index (χ3n) is 5.96. The predicted molar refractivity (Wildman–Crippen MR) is 139 cm³/mol. The Morgan fingerprint density at radius 3 is 2.28 bits per heavy atom. The number of benzene rings is 2. The smallest absolute Gasteiger partial charge is 0.416 e. The quantitative estimate of drug-likeness (QED) is 0.213. The number of aromatic hydroxyl groups is 2. The average Bonchev–Trinajstić information content (AvgIpc) is 2.78. The van der Waals surface area contributed by atoms with Crippen molar-refractivity contribution >= 4 is 11.6 Å². The number of carbonyl (C=O) groups excluding carboxylic acids is 1. The van der Waals surface area contributed by atoms with Gasteiger partial charge in [0.15, 0.2) is 0 Å². The van der Waals surface area contributed by atoms with E-state index in [0.29, 0.717) is 12.0 Å². The molecule has 4 nitrogen and oxygen atoms in total. The molecule has 3 N–H and O–H groups in total. The molecule has 0 heterocycles. The summed E-state index contributed by atoms with van der Waals surface area (Å²) in [5, 5.41) is 24.3. The molecule has 2 aromatic carbocycles. The van der Waals surface area contributed by atoms with E-state index in [4.69, 9.17) is 0 Å². The molecule has 2 aromatic rings. The van der Waals surface area contributed by atoms with Gasteiger partial charge in [0.25, 0.3) is 5.91 Å². The summed E-state index contributed by atoms with van der Waals surface area (Å²) in [6, 6.07) is 5.65. The van der Waals surface area contributed by atoms with Gasteiger partial charge in [-0.05, 0) is 88.8 Å². The number of hydrogen-bond donors (Lipinski definition) is 3. The molecular weight excluding hydrogens is 467 g/mol. The van der Waals surface area contributed by atoms with E-state index >= 15 is 0 Å². The second-order valence-electron chi connectivity index (χ2n) is 9.32. The van der Waals surface area contributed by atoms with Gasteiger partial charge < -0.3 is 15.5 Å². The molecule has 0 aliphatic carbocycles. The van der Waals surface area contributed by atoms with Gasteiger partial charge in [0.05, 0.1) is 11.1 Å². The van der Waals surface area contributed by atoms with Gasteiger partial charge in [0.2, 0.25) is 0 Å². The van der Waals surface area contributed by atoms with Crippen LogP contribution in [0, 0.1) is 0 Å². The van der Waals surface area contributed by atoms with Crippen LogP contribution in [-0.4, -0.2) is 16.1 Å². The maximum atomic E-state index is 13.2. The molecule has 0 bridgehead atoms. The highest BCUT2D eigenvalue weighted by Crippen LogP contribution is 2.36. The summed E-state index contributed by atoms with van der Waals surface area (Å²) >= 11 is 0. The highest BCUT2D eigenvalue weighted by molar-refractivity contribution is 6.07. The third-order valence-corrected chi connectivity index (χ3v) is 5.96. The molecule has 0 unspecified atom stereocenters. The molecule has 36 heavy (non-hydrogen) atoms. The maximum absolute atomic E-state index is 13.2. The van der Waals surface area contributed by atoms with Crippen LogP contribution in [-0.2, 0) is 19.0 Å². The Hall–Kier alpha value is -3.22. The van der Waals surface area contributed by atoms with E-state index in [0.717, 1.165) is 49.8 Å². The molecule has 7 heteroatoms. The molecule has 0 spiro atoms. The highest BCUT2D eigenvalue weighted by atomic mass is 19.4. The number of unbranched alkanes of at least 4 members (excludes halogenated alkanes) is 2. The molecule has 0 saturated carbocycles. The summed E-state index contributed by atoms with van der Waals surface area (Å²) in [5.74, 6) is -1.03. The molecule has 0 atom stereocenters. The van der Waals surface area contributed by atoms with Crippen molar-refractivity contribution in [3.63, 3.8) is 0 Å². The molecule has 0 aromatic heterocycles. The second-order valence-corrected chi connectivity index (χ2v) is 9.32. The van der Waals surface area contributed by atoms with Crippen LogP contribution < -0.4 is 5.32 Å². The van der Waals surface area contributed by atoms with E-state index in [1.54, 1.807) is 0 Å². The van der Waals surface area contributed by atoms with E-state index in [2.05, 4.69) is 11.4 Å². The van der Waals surface area contributed by atoms with Crippen molar-refractivity contribution < 1.29 is 28.2 Å². The minimum Gasteiger partial charge on any atom is -0.508 e.